The molecule has 0 aromatic carbocycles. The second-order valence-corrected chi connectivity index (χ2v) is 8.34. The predicted octanol–water partition coefficient (Wildman–Crippen LogP) is 3.37. The van der Waals surface area contributed by atoms with Gasteiger partial charge >= 0.3 is 0 Å². The summed E-state index contributed by atoms with van der Waals surface area (Å²) >= 11 is 0. The summed E-state index contributed by atoms with van der Waals surface area (Å²) in [5, 5.41) is 0.295. The van der Waals surface area contributed by atoms with Crippen LogP contribution in [0.2, 0.25) is 0 Å². The van der Waals surface area contributed by atoms with Crippen LogP contribution in [0.5, 0.6) is 0 Å². The van der Waals surface area contributed by atoms with Crippen LogP contribution in [0.15, 0.2) is 0 Å². The molecule has 1 saturated carbocycles. The van der Waals surface area contributed by atoms with Crippen LogP contribution in [0.25, 0.3) is 0 Å². The molecule has 0 aromatic rings. The van der Waals surface area contributed by atoms with Gasteiger partial charge in [0.2, 0.25) is 0 Å². The fourth-order valence-electron chi connectivity index (χ4n) is 3.84. The van der Waals surface area contributed by atoms with Gasteiger partial charge in [-0.15, -0.1) is 0 Å². The van der Waals surface area contributed by atoms with Crippen molar-refractivity contribution in [3.05, 3.63) is 0 Å². The Morgan fingerprint density at radius 1 is 1.11 bits per heavy atom. The molecular formula is C15H28O2S. The highest BCUT2D eigenvalue weighted by Gasteiger charge is 2.30. The Labute approximate surface area is 114 Å². The number of ether oxygens (including phenoxy) is 1. The maximum atomic E-state index is 12.3. The highest BCUT2D eigenvalue weighted by atomic mass is 32.2. The van der Waals surface area contributed by atoms with Gasteiger partial charge in [-0.05, 0) is 56.8 Å². The van der Waals surface area contributed by atoms with Crippen molar-refractivity contribution in [2.75, 3.05) is 12.4 Å². The molecule has 106 valence electrons. The van der Waals surface area contributed by atoms with Crippen molar-refractivity contribution >= 4 is 10.8 Å². The minimum atomic E-state index is -0.675. The maximum absolute atomic E-state index is 12.3. The van der Waals surface area contributed by atoms with E-state index in [1.54, 1.807) is 0 Å². The van der Waals surface area contributed by atoms with Crippen LogP contribution < -0.4 is 0 Å². The molecule has 0 radical (unpaired) electrons. The lowest BCUT2D eigenvalue weighted by atomic mass is 9.76. The molecule has 1 saturated heterocycles. The molecule has 1 aliphatic carbocycles. The highest BCUT2D eigenvalue weighted by Crippen LogP contribution is 2.35. The molecule has 2 nitrogen and oxygen atoms in total. The van der Waals surface area contributed by atoms with Crippen LogP contribution in [-0.4, -0.2) is 27.9 Å². The Hall–Kier alpha value is 0.110. The maximum Gasteiger partial charge on any atom is 0.0691 e. The summed E-state index contributed by atoms with van der Waals surface area (Å²) in [6, 6.07) is 0. The summed E-state index contributed by atoms with van der Waals surface area (Å²) < 4.78 is 17.8. The lowest BCUT2D eigenvalue weighted by Gasteiger charge is -2.31. The summed E-state index contributed by atoms with van der Waals surface area (Å²) in [4.78, 5) is 0. The molecule has 18 heavy (non-hydrogen) atoms. The first-order chi connectivity index (χ1) is 8.56. The molecule has 2 fully saturated rings. The van der Waals surface area contributed by atoms with Crippen LogP contribution in [0.4, 0.5) is 0 Å². The van der Waals surface area contributed by atoms with Crippen LogP contribution in [0, 0.1) is 17.8 Å². The van der Waals surface area contributed by atoms with Gasteiger partial charge in [-0.3, -0.25) is 4.21 Å². The predicted molar refractivity (Wildman–Crippen MR) is 77.1 cm³/mol. The first-order valence-corrected chi connectivity index (χ1v) is 8.93. The minimum Gasteiger partial charge on any atom is -0.377 e. The van der Waals surface area contributed by atoms with Crippen LogP contribution >= 0.6 is 0 Å². The van der Waals surface area contributed by atoms with E-state index in [0.29, 0.717) is 5.25 Å². The van der Waals surface area contributed by atoms with Crippen LogP contribution in [0.1, 0.15) is 52.9 Å². The summed E-state index contributed by atoms with van der Waals surface area (Å²) in [6.45, 7) is 7.61. The Morgan fingerprint density at radius 3 is 2.33 bits per heavy atom. The van der Waals surface area contributed by atoms with E-state index in [9.17, 15) is 4.21 Å². The van der Waals surface area contributed by atoms with Crippen molar-refractivity contribution < 1.29 is 8.95 Å². The number of rotatable bonds is 4. The molecule has 2 rings (SSSR count). The van der Waals surface area contributed by atoms with E-state index in [1.807, 2.05) is 0 Å². The third kappa shape index (κ3) is 3.80. The van der Waals surface area contributed by atoms with Gasteiger partial charge in [0.15, 0.2) is 0 Å². The zero-order valence-corrected chi connectivity index (χ0v) is 12.9. The summed E-state index contributed by atoms with van der Waals surface area (Å²) in [7, 11) is -0.675. The molecule has 2 aliphatic rings. The molecular weight excluding hydrogens is 244 g/mol. The van der Waals surface area contributed by atoms with Crippen molar-refractivity contribution in [1.29, 1.82) is 0 Å². The van der Waals surface area contributed by atoms with Gasteiger partial charge in [0.05, 0.1) is 11.4 Å². The van der Waals surface area contributed by atoms with Gasteiger partial charge in [-0.25, -0.2) is 0 Å². The second kappa shape index (κ2) is 6.51. The first kappa shape index (κ1) is 14.5. The van der Waals surface area contributed by atoms with Gasteiger partial charge < -0.3 is 4.74 Å². The van der Waals surface area contributed by atoms with Gasteiger partial charge in [0.25, 0.3) is 0 Å². The number of hydrogen-bond acceptors (Lipinski definition) is 2. The van der Waals surface area contributed by atoms with Crippen molar-refractivity contribution in [1.82, 2.24) is 0 Å². The molecule has 1 heterocycles. The summed E-state index contributed by atoms with van der Waals surface area (Å²) in [6.07, 6.45) is 6.43. The van der Waals surface area contributed by atoms with E-state index in [0.717, 1.165) is 43.0 Å². The molecule has 6 atom stereocenters. The quantitative estimate of drug-likeness (QED) is 0.784. The fraction of sp³-hybridized carbons (Fsp3) is 1.00. The van der Waals surface area contributed by atoms with Gasteiger partial charge in [-0.2, -0.15) is 0 Å². The molecule has 3 heteroatoms. The standard InChI is InChI=1S/C15H28O2S/c1-11-8-12(2)10-14(9-11)5-7-18(16)15-4-6-17-13(15)3/h11-15H,4-10H2,1-3H3/t11-,12+,13-,14?,15-,18-/m0/s1. The largest absolute Gasteiger partial charge is 0.377 e. The third-order valence-corrected chi connectivity index (χ3v) is 6.58. The lowest BCUT2D eigenvalue weighted by Crippen LogP contribution is -2.27. The Balaban J connectivity index is 1.75. The molecule has 0 amide bonds. The van der Waals surface area contributed by atoms with Gasteiger partial charge in [-0.1, -0.05) is 13.8 Å². The summed E-state index contributed by atoms with van der Waals surface area (Å²) in [5.74, 6) is 3.43. The SMILES string of the molecule is C[C@@H]1CC(CC[S@](=O)[C@H]2CCO[C@H]2C)C[C@H](C)C1. The van der Waals surface area contributed by atoms with E-state index in [2.05, 4.69) is 20.8 Å². The fourth-order valence-corrected chi connectivity index (χ4v) is 5.57. The molecule has 1 aliphatic heterocycles. The monoisotopic (exact) mass is 272 g/mol. The van der Waals surface area contributed by atoms with E-state index >= 15 is 0 Å². The van der Waals surface area contributed by atoms with E-state index in [4.69, 9.17) is 4.74 Å². The normalized spacial score (nSPS) is 42.9. The molecule has 0 aromatic heterocycles. The molecule has 1 unspecified atom stereocenters. The molecule has 0 spiro atoms. The Bertz CT molecular complexity index is 282. The topological polar surface area (TPSA) is 26.3 Å². The van der Waals surface area contributed by atoms with E-state index in [-0.39, 0.29) is 6.10 Å². The average Bonchev–Trinajstić information content (AvgIpc) is 2.71. The van der Waals surface area contributed by atoms with E-state index < -0.39 is 10.8 Å². The van der Waals surface area contributed by atoms with Crippen molar-refractivity contribution in [2.45, 2.75) is 64.2 Å². The lowest BCUT2D eigenvalue weighted by molar-refractivity contribution is 0.127. The first-order valence-electron chi connectivity index (χ1n) is 7.55. The van der Waals surface area contributed by atoms with Crippen LogP contribution in [0.3, 0.4) is 0 Å². The van der Waals surface area contributed by atoms with Crippen molar-refractivity contribution in [3.8, 4) is 0 Å². The highest BCUT2D eigenvalue weighted by molar-refractivity contribution is 7.85. The molecule has 0 bridgehead atoms. The average molecular weight is 272 g/mol. The second-order valence-electron chi connectivity index (χ2n) is 6.56. The van der Waals surface area contributed by atoms with Gasteiger partial charge in [0, 0.05) is 23.2 Å². The number of hydrogen-bond donors (Lipinski definition) is 0. The van der Waals surface area contributed by atoms with Gasteiger partial charge in [0.1, 0.15) is 0 Å². The smallest absolute Gasteiger partial charge is 0.0691 e. The van der Waals surface area contributed by atoms with Crippen LogP contribution in [-0.2, 0) is 15.5 Å². The molecule has 0 N–H and O–H groups in total. The van der Waals surface area contributed by atoms with E-state index in [1.165, 1.54) is 19.3 Å². The zero-order valence-electron chi connectivity index (χ0n) is 12.1. The van der Waals surface area contributed by atoms with Crippen molar-refractivity contribution in [3.63, 3.8) is 0 Å². The third-order valence-electron chi connectivity index (χ3n) is 4.65. The Kier molecular flexibility index (Phi) is 5.25. The van der Waals surface area contributed by atoms with Crippen molar-refractivity contribution in [2.24, 2.45) is 17.8 Å². The Morgan fingerprint density at radius 2 is 1.78 bits per heavy atom. The summed E-state index contributed by atoms with van der Waals surface area (Å²) in [5.41, 5.74) is 0. The minimum absolute atomic E-state index is 0.204. The zero-order chi connectivity index (χ0) is 13.1.